The first-order chi connectivity index (χ1) is 17.2. The Balaban J connectivity index is 1.81. The van der Waals surface area contributed by atoms with Gasteiger partial charge in [-0.2, -0.15) is 0 Å². The number of allylic oxidation sites excluding steroid dienone is 1. The predicted molar refractivity (Wildman–Crippen MR) is 135 cm³/mol. The van der Waals surface area contributed by atoms with Crippen molar-refractivity contribution in [3.8, 4) is 17.2 Å². The second kappa shape index (κ2) is 9.95. The van der Waals surface area contributed by atoms with Crippen LogP contribution >= 0.6 is 11.6 Å². The lowest BCUT2D eigenvalue weighted by Crippen LogP contribution is -2.53. The Bertz CT molecular complexity index is 1270. The van der Waals surface area contributed by atoms with E-state index in [0.717, 1.165) is 5.56 Å². The van der Waals surface area contributed by atoms with E-state index in [-0.39, 0.29) is 57.9 Å². The van der Waals surface area contributed by atoms with Gasteiger partial charge in [0, 0.05) is 24.1 Å². The molecule has 9 heteroatoms. The molecule has 0 saturated carbocycles. The predicted octanol–water partition coefficient (Wildman–Crippen LogP) is 4.16. The van der Waals surface area contributed by atoms with Gasteiger partial charge in [-0.15, -0.1) is 0 Å². The normalized spacial score (nSPS) is 22.5. The molecule has 0 fully saturated rings. The number of hydrogen-bond acceptors (Lipinski definition) is 8. The third kappa shape index (κ3) is 4.04. The minimum atomic E-state index is -1.88. The number of fused-ring (bicyclic) bond motifs is 1. The quantitative estimate of drug-likeness (QED) is 0.534. The number of ether oxygens (including phenoxy) is 3. The molecule has 0 aromatic heterocycles. The molecule has 2 aromatic carbocycles. The number of nitrogens with zero attached hydrogens (tertiary/aromatic N) is 1. The van der Waals surface area contributed by atoms with Crippen molar-refractivity contribution in [2.45, 2.75) is 38.3 Å². The second-order valence-corrected chi connectivity index (χ2v) is 9.34. The number of rotatable bonds is 7. The molecule has 1 heterocycles. The number of aliphatic hydroxyl groups excluding tert-OH is 2. The van der Waals surface area contributed by atoms with Crippen LogP contribution in [0, 0.1) is 5.92 Å². The summed E-state index contributed by atoms with van der Waals surface area (Å²) in [6, 6.07) is 10.4. The highest BCUT2D eigenvalue weighted by atomic mass is 35.5. The number of Topliss-reactive ketones (excluding diaryl/α,β-unsaturated/α-hetero) is 2. The van der Waals surface area contributed by atoms with Crippen molar-refractivity contribution in [3.63, 3.8) is 0 Å². The number of aliphatic hydroxyl groups is 2. The summed E-state index contributed by atoms with van der Waals surface area (Å²) in [5.41, 5.74) is -0.724. The van der Waals surface area contributed by atoms with Crippen LogP contribution < -0.4 is 14.2 Å². The van der Waals surface area contributed by atoms with Crippen molar-refractivity contribution >= 4 is 28.9 Å². The van der Waals surface area contributed by atoms with Crippen LogP contribution in [0.1, 0.15) is 36.2 Å². The SMILES string of the molecule is COc1cc(OC)c2c(c1Cl)O[C@]1(C2=O)C(O)=C(C(C)=N[C@H](CO)Cc2ccccc2)C(=O)C[C@H]1C. The van der Waals surface area contributed by atoms with Gasteiger partial charge in [-0.1, -0.05) is 48.9 Å². The van der Waals surface area contributed by atoms with Crippen molar-refractivity contribution in [1.82, 2.24) is 0 Å². The molecule has 2 aromatic rings. The lowest BCUT2D eigenvalue weighted by Gasteiger charge is -2.37. The Morgan fingerprint density at radius 3 is 2.50 bits per heavy atom. The third-order valence-electron chi connectivity index (χ3n) is 6.73. The zero-order chi connectivity index (χ0) is 26.2. The van der Waals surface area contributed by atoms with E-state index in [9.17, 15) is 19.8 Å². The third-order valence-corrected chi connectivity index (χ3v) is 7.09. The minimum absolute atomic E-state index is 0.0249. The highest BCUT2D eigenvalue weighted by molar-refractivity contribution is 6.35. The molecule has 4 rings (SSSR count). The van der Waals surface area contributed by atoms with Gasteiger partial charge >= 0.3 is 0 Å². The molecule has 0 unspecified atom stereocenters. The smallest absolute Gasteiger partial charge is 0.231 e. The van der Waals surface area contributed by atoms with E-state index < -0.39 is 29.1 Å². The number of hydrogen-bond donors (Lipinski definition) is 2. The van der Waals surface area contributed by atoms with Crippen LogP contribution in [0.5, 0.6) is 17.2 Å². The highest BCUT2D eigenvalue weighted by Gasteiger charge is 2.61. The minimum Gasteiger partial charge on any atom is -0.507 e. The molecule has 0 radical (unpaired) electrons. The topological polar surface area (TPSA) is 115 Å². The van der Waals surface area contributed by atoms with Crippen molar-refractivity contribution in [3.05, 3.63) is 63.9 Å². The van der Waals surface area contributed by atoms with Crippen LogP contribution in [0.4, 0.5) is 0 Å². The van der Waals surface area contributed by atoms with Crippen LogP contribution in [0.25, 0.3) is 0 Å². The average Bonchev–Trinajstić information content (AvgIpc) is 3.18. The standard InChI is InChI=1S/C27H28ClNO7/c1-14-10-18(31)21(15(2)29-17(13-30)11-16-8-6-5-7-9-16)25(32)27(14)26(33)22-19(34-3)12-20(35-4)23(28)24(22)36-27/h5-9,12,14,17,30,32H,10-11,13H2,1-4H3/t14-,17+,27+/m1/s1. The number of aliphatic imine (C=N–C) groups is 1. The molecule has 1 spiro atoms. The van der Waals surface area contributed by atoms with E-state index in [2.05, 4.69) is 4.99 Å². The summed E-state index contributed by atoms with van der Waals surface area (Å²) in [4.78, 5) is 31.5. The zero-order valence-electron chi connectivity index (χ0n) is 20.5. The van der Waals surface area contributed by atoms with Crippen molar-refractivity contribution in [2.24, 2.45) is 10.9 Å². The maximum absolute atomic E-state index is 13.8. The molecule has 0 bridgehead atoms. The summed E-state index contributed by atoms with van der Waals surface area (Å²) in [5, 5.41) is 21.5. The molecule has 8 nitrogen and oxygen atoms in total. The van der Waals surface area contributed by atoms with Gasteiger partial charge in [0.15, 0.2) is 17.3 Å². The number of carbonyl (C=O) groups is 2. The molecule has 190 valence electrons. The van der Waals surface area contributed by atoms with Crippen molar-refractivity contribution in [2.75, 3.05) is 20.8 Å². The van der Waals surface area contributed by atoms with Gasteiger partial charge in [-0.05, 0) is 18.9 Å². The fraction of sp³-hybridized carbons (Fsp3) is 0.370. The van der Waals surface area contributed by atoms with Crippen LogP contribution in [-0.4, -0.2) is 60.0 Å². The first-order valence-electron chi connectivity index (χ1n) is 11.5. The summed E-state index contributed by atoms with van der Waals surface area (Å²) in [7, 11) is 2.82. The fourth-order valence-corrected chi connectivity index (χ4v) is 5.17. The number of ketones is 2. The molecule has 2 aliphatic rings. The molecule has 2 N–H and O–H groups in total. The first-order valence-corrected chi connectivity index (χ1v) is 11.9. The number of methoxy groups -OCH3 is 2. The Morgan fingerprint density at radius 1 is 1.22 bits per heavy atom. The molecule has 0 saturated heterocycles. The molecule has 3 atom stereocenters. The van der Waals surface area contributed by atoms with E-state index in [4.69, 9.17) is 25.8 Å². The maximum atomic E-state index is 13.8. The molecule has 36 heavy (non-hydrogen) atoms. The maximum Gasteiger partial charge on any atom is 0.231 e. The molecule has 1 aliphatic heterocycles. The highest BCUT2D eigenvalue weighted by Crippen LogP contribution is 2.54. The van der Waals surface area contributed by atoms with E-state index in [1.807, 2.05) is 30.3 Å². The Kier molecular flexibility index (Phi) is 7.11. The molecule has 0 amide bonds. The average molecular weight is 514 g/mol. The van der Waals surface area contributed by atoms with E-state index in [1.165, 1.54) is 20.3 Å². The van der Waals surface area contributed by atoms with E-state index in [1.54, 1.807) is 13.8 Å². The summed E-state index contributed by atoms with van der Waals surface area (Å²) in [6.07, 6.45) is 0.372. The van der Waals surface area contributed by atoms with Crippen molar-refractivity contribution < 1.29 is 34.0 Å². The molecular weight excluding hydrogens is 486 g/mol. The Labute approximate surface area is 214 Å². The Morgan fingerprint density at radius 2 is 1.89 bits per heavy atom. The second-order valence-electron chi connectivity index (χ2n) is 8.96. The van der Waals surface area contributed by atoms with Gasteiger partial charge < -0.3 is 24.4 Å². The van der Waals surface area contributed by atoms with Crippen LogP contribution in [0.15, 0.2) is 52.7 Å². The first kappa shape index (κ1) is 25.7. The van der Waals surface area contributed by atoms with Gasteiger partial charge in [0.25, 0.3) is 0 Å². The lowest BCUT2D eigenvalue weighted by atomic mass is 9.72. The van der Waals surface area contributed by atoms with Gasteiger partial charge in [0.05, 0.1) is 32.4 Å². The zero-order valence-corrected chi connectivity index (χ0v) is 21.3. The van der Waals surface area contributed by atoms with Gasteiger partial charge in [0.1, 0.15) is 22.1 Å². The van der Waals surface area contributed by atoms with E-state index in [0.29, 0.717) is 6.42 Å². The van der Waals surface area contributed by atoms with Crippen LogP contribution in [0.2, 0.25) is 5.02 Å². The number of carbonyl (C=O) groups excluding carboxylic acids is 2. The van der Waals surface area contributed by atoms with Gasteiger partial charge in [-0.3, -0.25) is 14.6 Å². The fourth-order valence-electron chi connectivity index (χ4n) is 4.91. The largest absolute Gasteiger partial charge is 0.507 e. The molecular formula is C27H28ClNO7. The van der Waals surface area contributed by atoms with Crippen molar-refractivity contribution in [1.29, 1.82) is 0 Å². The molecule has 1 aliphatic carbocycles. The monoisotopic (exact) mass is 513 g/mol. The van der Waals surface area contributed by atoms with Crippen LogP contribution in [-0.2, 0) is 11.2 Å². The summed E-state index contributed by atoms with van der Waals surface area (Å²) in [6.45, 7) is 2.97. The van der Waals surface area contributed by atoms with E-state index >= 15 is 0 Å². The Hall–Kier alpha value is -3.36. The summed E-state index contributed by atoms with van der Waals surface area (Å²) in [5.74, 6) is -1.72. The lowest BCUT2D eigenvalue weighted by molar-refractivity contribution is -0.118. The van der Waals surface area contributed by atoms with Gasteiger partial charge in [-0.25, -0.2) is 0 Å². The summed E-state index contributed by atoms with van der Waals surface area (Å²) < 4.78 is 16.8. The number of halogens is 1. The summed E-state index contributed by atoms with van der Waals surface area (Å²) >= 11 is 6.46. The van der Waals surface area contributed by atoms with Gasteiger partial charge in [0.2, 0.25) is 11.4 Å². The van der Waals surface area contributed by atoms with Crippen LogP contribution in [0.3, 0.4) is 0 Å². The number of benzene rings is 2.